The summed E-state index contributed by atoms with van der Waals surface area (Å²) in [4.78, 5) is 0.235. The maximum Gasteiger partial charge on any atom is 0.263 e. The van der Waals surface area contributed by atoms with Crippen LogP contribution < -0.4 is 10.0 Å². The van der Waals surface area contributed by atoms with E-state index in [0.29, 0.717) is 11.4 Å². The third-order valence-electron chi connectivity index (χ3n) is 3.29. The molecule has 0 saturated heterocycles. The van der Waals surface area contributed by atoms with Crippen molar-refractivity contribution in [3.05, 3.63) is 42.0 Å². The van der Waals surface area contributed by atoms with E-state index in [4.69, 9.17) is 0 Å². The number of anilines is 2. The van der Waals surface area contributed by atoms with Crippen LogP contribution in [0, 0.1) is 6.92 Å². The van der Waals surface area contributed by atoms with Crippen molar-refractivity contribution in [2.45, 2.75) is 38.1 Å². The summed E-state index contributed by atoms with van der Waals surface area (Å²) < 4.78 is 27.1. The summed E-state index contributed by atoms with van der Waals surface area (Å²) in [6, 6.07) is 10.4. The predicted octanol–water partition coefficient (Wildman–Crippen LogP) is 2.80. The highest BCUT2D eigenvalue weighted by Crippen LogP contribution is 2.18. The molecule has 1 unspecified atom stereocenters. The zero-order valence-electron chi connectivity index (χ0n) is 12.9. The Labute approximate surface area is 131 Å². The molecule has 0 aliphatic heterocycles. The quantitative estimate of drug-likeness (QED) is 0.855. The summed E-state index contributed by atoms with van der Waals surface area (Å²) in [6.45, 7) is 5.85. The van der Waals surface area contributed by atoms with Crippen LogP contribution in [0.15, 0.2) is 41.3 Å². The maximum atomic E-state index is 12.3. The molecule has 1 atom stereocenters. The van der Waals surface area contributed by atoms with Crippen molar-refractivity contribution in [1.82, 2.24) is 10.2 Å². The van der Waals surface area contributed by atoms with E-state index >= 15 is 0 Å². The lowest BCUT2D eigenvalue weighted by atomic mass is 10.2. The van der Waals surface area contributed by atoms with Crippen LogP contribution in [0.3, 0.4) is 0 Å². The summed E-state index contributed by atoms with van der Waals surface area (Å²) in [5.41, 5.74) is 0.679. The SMILES string of the molecule is CCC(C)Nc1ccc(NS(=O)(=O)c2ccccc2C)nn1. The number of rotatable bonds is 6. The van der Waals surface area contributed by atoms with Crippen LogP contribution in [0.4, 0.5) is 11.6 Å². The van der Waals surface area contributed by atoms with Gasteiger partial charge in [-0.3, -0.25) is 4.72 Å². The molecular formula is C15H20N4O2S. The Hall–Kier alpha value is -2.15. The maximum absolute atomic E-state index is 12.3. The van der Waals surface area contributed by atoms with Crippen molar-refractivity contribution in [2.75, 3.05) is 10.0 Å². The monoisotopic (exact) mass is 320 g/mol. The van der Waals surface area contributed by atoms with Gasteiger partial charge in [0.25, 0.3) is 10.0 Å². The number of benzene rings is 1. The van der Waals surface area contributed by atoms with E-state index in [9.17, 15) is 8.42 Å². The minimum absolute atomic E-state index is 0.193. The Morgan fingerprint density at radius 3 is 2.32 bits per heavy atom. The van der Waals surface area contributed by atoms with Gasteiger partial charge in [-0.1, -0.05) is 25.1 Å². The average molecular weight is 320 g/mol. The summed E-state index contributed by atoms with van der Waals surface area (Å²) in [6.07, 6.45) is 0.962. The first kappa shape index (κ1) is 16.2. The van der Waals surface area contributed by atoms with E-state index in [1.807, 2.05) is 6.92 Å². The van der Waals surface area contributed by atoms with Gasteiger partial charge in [0.2, 0.25) is 0 Å². The molecule has 6 nitrogen and oxygen atoms in total. The fourth-order valence-electron chi connectivity index (χ4n) is 1.87. The zero-order valence-corrected chi connectivity index (χ0v) is 13.7. The van der Waals surface area contributed by atoms with E-state index in [0.717, 1.165) is 6.42 Å². The van der Waals surface area contributed by atoms with E-state index in [1.165, 1.54) is 0 Å². The number of aryl methyl sites for hydroxylation is 1. The lowest BCUT2D eigenvalue weighted by Crippen LogP contribution is -2.17. The van der Waals surface area contributed by atoms with E-state index < -0.39 is 10.0 Å². The number of nitrogens with zero attached hydrogens (tertiary/aromatic N) is 2. The van der Waals surface area contributed by atoms with Gasteiger partial charge in [-0.05, 0) is 44.0 Å². The predicted molar refractivity (Wildman–Crippen MR) is 87.4 cm³/mol. The van der Waals surface area contributed by atoms with Crippen LogP contribution in [0.2, 0.25) is 0 Å². The van der Waals surface area contributed by atoms with Gasteiger partial charge in [0.15, 0.2) is 5.82 Å². The molecule has 1 heterocycles. The third kappa shape index (κ3) is 3.94. The van der Waals surface area contributed by atoms with Gasteiger partial charge < -0.3 is 5.32 Å². The number of hydrogen-bond donors (Lipinski definition) is 2. The van der Waals surface area contributed by atoms with Gasteiger partial charge >= 0.3 is 0 Å². The molecule has 0 spiro atoms. The van der Waals surface area contributed by atoms with Crippen LogP contribution in [-0.2, 0) is 10.0 Å². The first-order valence-corrected chi connectivity index (χ1v) is 8.59. The lowest BCUT2D eigenvalue weighted by Gasteiger charge is -2.12. The standard InChI is InChI=1S/C15H20N4O2S/c1-4-12(3)16-14-9-10-15(18-17-14)19-22(20,21)13-8-6-5-7-11(13)2/h5-10,12H,4H2,1-3H3,(H,16,17)(H,18,19). The molecule has 118 valence electrons. The molecular weight excluding hydrogens is 300 g/mol. The number of hydrogen-bond acceptors (Lipinski definition) is 5. The second-order valence-electron chi connectivity index (χ2n) is 5.13. The highest BCUT2D eigenvalue weighted by atomic mass is 32.2. The van der Waals surface area contributed by atoms with Gasteiger partial charge in [-0.25, -0.2) is 8.42 Å². The van der Waals surface area contributed by atoms with Crippen molar-refractivity contribution in [2.24, 2.45) is 0 Å². The summed E-state index contributed by atoms with van der Waals surface area (Å²) in [7, 11) is -3.66. The molecule has 0 bridgehead atoms. The van der Waals surface area contributed by atoms with Crippen LogP contribution in [0.1, 0.15) is 25.8 Å². The fourth-order valence-corrected chi connectivity index (χ4v) is 3.11. The molecule has 1 aromatic heterocycles. The number of aromatic nitrogens is 2. The zero-order chi connectivity index (χ0) is 16.2. The van der Waals surface area contributed by atoms with Crippen LogP contribution in [0.5, 0.6) is 0 Å². The summed E-state index contributed by atoms with van der Waals surface area (Å²) >= 11 is 0. The van der Waals surface area contributed by atoms with Crippen molar-refractivity contribution < 1.29 is 8.42 Å². The van der Waals surface area contributed by atoms with E-state index in [2.05, 4.69) is 27.2 Å². The van der Waals surface area contributed by atoms with E-state index in [1.54, 1.807) is 43.3 Å². The van der Waals surface area contributed by atoms with Crippen molar-refractivity contribution in [3.63, 3.8) is 0 Å². The van der Waals surface area contributed by atoms with Gasteiger partial charge in [-0.15, -0.1) is 10.2 Å². The molecule has 0 aliphatic rings. The first-order valence-electron chi connectivity index (χ1n) is 7.11. The molecule has 2 aromatic rings. The van der Waals surface area contributed by atoms with Gasteiger partial charge in [0, 0.05) is 6.04 Å². The largest absolute Gasteiger partial charge is 0.366 e. The molecule has 2 rings (SSSR count). The second kappa shape index (κ2) is 6.74. The van der Waals surface area contributed by atoms with Crippen LogP contribution in [-0.4, -0.2) is 24.7 Å². The van der Waals surface area contributed by atoms with Crippen molar-refractivity contribution >= 4 is 21.7 Å². The summed E-state index contributed by atoms with van der Waals surface area (Å²) in [5, 5.41) is 11.1. The Kier molecular flexibility index (Phi) is 4.97. The highest BCUT2D eigenvalue weighted by Gasteiger charge is 2.17. The molecule has 0 radical (unpaired) electrons. The topological polar surface area (TPSA) is 84.0 Å². The third-order valence-corrected chi connectivity index (χ3v) is 4.81. The van der Waals surface area contributed by atoms with Gasteiger partial charge in [-0.2, -0.15) is 0 Å². The number of nitrogens with one attached hydrogen (secondary N) is 2. The van der Waals surface area contributed by atoms with Gasteiger partial charge in [0.05, 0.1) is 4.90 Å². The van der Waals surface area contributed by atoms with Crippen LogP contribution in [0.25, 0.3) is 0 Å². The molecule has 0 saturated carbocycles. The molecule has 0 fully saturated rings. The Balaban J connectivity index is 2.15. The van der Waals surface area contributed by atoms with Crippen molar-refractivity contribution in [3.8, 4) is 0 Å². The Morgan fingerprint density at radius 2 is 1.73 bits per heavy atom. The highest BCUT2D eigenvalue weighted by molar-refractivity contribution is 7.92. The molecule has 0 amide bonds. The molecule has 0 aliphatic carbocycles. The van der Waals surface area contributed by atoms with Crippen LogP contribution >= 0.6 is 0 Å². The molecule has 22 heavy (non-hydrogen) atoms. The minimum Gasteiger partial charge on any atom is -0.366 e. The Morgan fingerprint density at radius 1 is 1.09 bits per heavy atom. The molecule has 7 heteroatoms. The Bertz CT molecular complexity index is 729. The second-order valence-corrected chi connectivity index (χ2v) is 6.78. The van der Waals surface area contributed by atoms with Gasteiger partial charge in [0.1, 0.15) is 5.82 Å². The first-order chi connectivity index (χ1) is 10.4. The number of sulfonamides is 1. The van der Waals surface area contributed by atoms with Crippen molar-refractivity contribution in [1.29, 1.82) is 0 Å². The molecule has 2 N–H and O–H groups in total. The smallest absolute Gasteiger partial charge is 0.263 e. The fraction of sp³-hybridized carbons (Fsp3) is 0.333. The minimum atomic E-state index is -3.66. The average Bonchev–Trinajstić information content (AvgIpc) is 2.49. The lowest BCUT2D eigenvalue weighted by molar-refractivity contribution is 0.600. The summed E-state index contributed by atoms with van der Waals surface area (Å²) in [5.74, 6) is 0.811. The molecule has 1 aromatic carbocycles. The normalized spacial score (nSPS) is 12.7. The van der Waals surface area contributed by atoms with E-state index in [-0.39, 0.29) is 16.8 Å².